The maximum absolute atomic E-state index is 14.0. The van der Waals surface area contributed by atoms with Gasteiger partial charge in [-0.05, 0) is 43.4 Å². The van der Waals surface area contributed by atoms with Gasteiger partial charge < -0.3 is 10.2 Å². The van der Waals surface area contributed by atoms with Gasteiger partial charge in [0.25, 0.3) is 0 Å². The third-order valence-corrected chi connectivity index (χ3v) is 7.41. The Morgan fingerprint density at radius 1 is 1.03 bits per heavy atom. The number of amides is 2. The van der Waals surface area contributed by atoms with Gasteiger partial charge in [0, 0.05) is 12.2 Å². The monoisotopic (exact) mass is 477 g/mol. The van der Waals surface area contributed by atoms with Crippen molar-refractivity contribution in [3.05, 3.63) is 71.5 Å². The fraction of sp³-hybridized carbons (Fsp3) is 0.385. The van der Waals surface area contributed by atoms with Crippen molar-refractivity contribution in [2.45, 2.75) is 63.2 Å². The van der Waals surface area contributed by atoms with Crippen LogP contribution in [0, 0.1) is 13.8 Å². The number of benzene rings is 2. The van der Waals surface area contributed by atoms with E-state index in [0.29, 0.717) is 24.5 Å². The normalized spacial score (nSPS) is 15.0. The van der Waals surface area contributed by atoms with Gasteiger partial charge in [-0.2, -0.15) is 5.10 Å². The molecule has 3 aromatic rings. The second kappa shape index (κ2) is 10.9. The number of aryl methyl sites for hydroxylation is 2. The lowest BCUT2D eigenvalue weighted by Gasteiger charge is -2.45. The molecule has 8 heteroatoms. The zero-order valence-electron chi connectivity index (χ0n) is 19.7. The number of thioether (sulfide) groups is 1. The summed E-state index contributed by atoms with van der Waals surface area (Å²) < 4.78 is 0. The molecule has 178 valence electrons. The van der Waals surface area contributed by atoms with Crippen LogP contribution in [-0.2, 0) is 16.1 Å². The number of aromatic nitrogens is 3. The Morgan fingerprint density at radius 3 is 2.38 bits per heavy atom. The standard InChI is InChI=1S/C26H31N5O2S/c1-19-10-9-11-20(2)23(19)29-24(33)26(14-7-4-8-15-26)31(16-21-12-5-3-6-13-21)22(32)17-34-25-27-18-28-30-25/h3,5-6,9-13,18H,4,7-8,14-17H2,1-2H3,(H,29,33)(H,27,28,30). The quantitative estimate of drug-likeness (QED) is 0.451. The summed E-state index contributed by atoms with van der Waals surface area (Å²) in [4.78, 5) is 33.7. The molecule has 1 aliphatic carbocycles. The van der Waals surface area contributed by atoms with Gasteiger partial charge in [0.15, 0.2) is 5.16 Å². The molecule has 1 aromatic heterocycles. The highest BCUT2D eigenvalue weighted by atomic mass is 32.2. The molecule has 0 spiro atoms. The number of carbonyl (C=O) groups is 2. The lowest BCUT2D eigenvalue weighted by molar-refractivity contribution is -0.146. The highest BCUT2D eigenvalue weighted by Crippen LogP contribution is 2.37. The van der Waals surface area contributed by atoms with Crippen LogP contribution in [0.2, 0.25) is 0 Å². The van der Waals surface area contributed by atoms with E-state index in [9.17, 15) is 9.59 Å². The minimum atomic E-state index is -0.901. The molecule has 2 N–H and O–H groups in total. The number of hydrogen-bond acceptors (Lipinski definition) is 5. The molecule has 34 heavy (non-hydrogen) atoms. The number of rotatable bonds is 8. The van der Waals surface area contributed by atoms with Crippen LogP contribution in [0.15, 0.2) is 60.0 Å². The Labute approximate surface area is 204 Å². The van der Waals surface area contributed by atoms with Gasteiger partial charge >= 0.3 is 0 Å². The van der Waals surface area contributed by atoms with Gasteiger partial charge in [-0.1, -0.05) is 79.6 Å². The first-order chi connectivity index (χ1) is 16.5. The van der Waals surface area contributed by atoms with E-state index < -0.39 is 5.54 Å². The van der Waals surface area contributed by atoms with E-state index in [2.05, 4.69) is 20.5 Å². The third-order valence-electron chi connectivity index (χ3n) is 6.55. The largest absolute Gasteiger partial charge is 0.324 e. The highest BCUT2D eigenvalue weighted by molar-refractivity contribution is 7.99. The number of nitrogens with zero attached hydrogens (tertiary/aromatic N) is 3. The van der Waals surface area contributed by atoms with Crippen molar-refractivity contribution in [3.63, 3.8) is 0 Å². The molecular formula is C26H31N5O2S. The molecule has 1 fully saturated rings. The van der Waals surface area contributed by atoms with Crippen LogP contribution in [0.1, 0.15) is 48.8 Å². The number of nitrogens with one attached hydrogen (secondary N) is 2. The second-order valence-electron chi connectivity index (χ2n) is 8.86. The van der Waals surface area contributed by atoms with Crippen molar-refractivity contribution < 1.29 is 9.59 Å². The summed E-state index contributed by atoms with van der Waals surface area (Å²) in [6, 6.07) is 15.9. The maximum atomic E-state index is 14.0. The lowest BCUT2D eigenvalue weighted by atomic mass is 9.78. The van der Waals surface area contributed by atoms with Crippen LogP contribution < -0.4 is 5.32 Å². The zero-order valence-corrected chi connectivity index (χ0v) is 20.5. The first-order valence-electron chi connectivity index (χ1n) is 11.7. The lowest BCUT2D eigenvalue weighted by Crippen LogP contribution is -2.60. The summed E-state index contributed by atoms with van der Waals surface area (Å²) in [7, 11) is 0. The molecule has 0 atom stereocenters. The van der Waals surface area contributed by atoms with Crippen molar-refractivity contribution in [1.82, 2.24) is 20.1 Å². The minimum Gasteiger partial charge on any atom is -0.324 e. The number of para-hydroxylation sites is 1. The third kappa shape index (κ3) is 5.33. The molecule has 0 unspecified atom stereocenters. The summed E-state index contributed by atoms with van der Waals surface area (Å²) in [5, 5.41) is 10.5. The SMILES string of the molecule is Cc1cccc(C)c1NC(=O)C1(N(Cc2ccccc2)C(=O)CSc2ncn[nH]2)CCCCC1. The van der Waals surface area contributed by atoms with Gasteiger partial charge in [-0.15, -0.1) is 0 Å². The molecule has 2 amide bonds. The van der Waals surface area contributed by atoms with Crippen LogP contribution in [0.25, 0.3) is 0 Å². The van der Waals surface area contributed by atoms with E-state index in [1.165, 1.54) is 18.1 Å². The van der Waals surface area contributed by atoms with Crippen molar-refractivity contribution in [2.24, 2.45) is 0 Å². The predicted molar refractivity (Wildman–Crippen MR) is 134 cm³/mol. The summed E-state index contributed by atoms with van der Waals surface area (Å²) in [5.74, 6) is 0.00263. The van der Waals surface area contributed by atoms with Crippen molar-refractivity contribution >= 4 is 29.3 Å². The Bertz CT molecular complexity index is 1090. The van der Waals surface area contributed by atoms with E-state index in [1.807, 2.05) is 67.3 Å². The van der Waals surface area contributed by atoms with Crippen LogP contribution >= 0.6 is 11.8 Å². The molecule has 1 aliphatic rings. The first kappa shape index (κ1) is 24.0. The highest BCUT2D eigenvalue weighted by Gasteiger charge is 2.47. The van der Waals surface area contributed by atoms with E-state index in [4.69, 9.17) is 0 Å². The average molecular weight is 478 g/mol. The Kier molecular flexibility index (Phi) is 7.67. The number of carbonyl (C=O) groups excluding carboxylic acids is 2. The average Bonchev–Trinajstić information content (AvgIpc) is 3.38. The van der Waals surface area contributed by atoms with Crippen molar-refractivity contribution in [3.8, 4) is 0 Å². The van der Waals surface area contributed by atoms with Gasteiger partial charge in [0.05, 0.1) is 5.75 Å². The summed E-state index contributed by atoms with van der Waals surface area (Å²) in [6.07, 6.45) is 5.61. The maximum Gasteiger partial charge on any atom is 0.250 e. The molecular weight excluding hydrogens is 446 g/mol. The molecule has 0 saturated heterocycles. The van der Waals surface area contributed by atoms with E-state index in [0.717, 1.165) is 41.6 Å². The molecule has 1 saturated carbocycles. The molecule has 7 nitrogen and oxygen atoms in total. The molecule has 2 aromatic carbocycles. The van der Waals surface area contributed by atoms with E-state index in [-0.39, 0.29) is 17.6 Å². The predicted octanol–water partition coefficient (Wildman–Crippen LogP) is 4.88. The van der Waals surface area contributed by atoms with Gasteiger partial charge in [-0.3, -0.25) is 14.7 Å². The molecule has 0 aliphatic heterocycles. The first-order valence-corrected chi connectivity index (χ1v) is 12.7. The van der Waals surface area contributed by atoms with Crippen molar-refractivity contribution in [2.75, 3.05) is 11.1 Å². The van der Waals surface area contributed by atoms with Crippen LogP contribution in [-0.4, -0.2) is 43.2 Å². The zero-order chi connectivity index (χ0) is 24.0. The molecule has 4 rings (SSSR count). The number of H-pyrrole nitrogens is 1. The molecule has 0 bridgehead atoms. The van der Waals surface area contributed by atoms with Gasteiger partial charge in [0.1, 0.15) is 11.9 Å². The number of aromatic amines is 1. The molecule has 1 heterocycles. The van der Waals surface area contributed by atoms with Gasteiger partial charge in [-0.25, -0.2) is 4.98 Å². The Hall–Kier alpha value is -3.13. The van der Waals surface area contributed by atoms with Crippen LogP contribution in [0.5, 0.6) is 0 Å². The van der Waals surface area contributed by atoms with E-state index in [1.54, 1.807) is 0 Å². The second-order valence-corrected chi connectivity index (χ2v) is 9.82. The number of anilines is 1. The summed E-state index contributed by atoms with van der Waals surface area (Å²) >= 11 is 1.31. The minimum absolute atomic E-state index is 0.0798. The summed E-state index contributed by atoms with van der Waals surface area (Å²) in [6.45, 7) is 4.38. The van der Waals surface area contributed by atoms with Gasteiger partial charge in [0.2, 0.25) is 11.8 Å². The number of hydrogen-bond donors (Lipinski definition) is 2. The fourth-order valence-electron chi connectivity index (χ4n) is 4.71. The van der Waals surface area contributed by atoms with Crippen LogP contribution in [0.4, 0.5) is 5.69 Å². The van der Waals surface area contributed by atoms with Crippen LogP contribution in [0.3, 0.4) is 0 Å². The van der Waals surface area contributed by atoms with Crippen molar-refractivity contribution in [1.29, 1.82) is 0 Å². The Morgan fingerprint density at radius 2 is 1.74 bits per heavy atom. The Balaban J connectivity index is 1.67. The summed E-state index contributed by atoms with van der Waals surface area (Å²) in [5.41, 5.74) is 2.97. The molecule has 0 radical (unpaired) electrons. The smallest absolute Gasteiger partial charge is 0.250 e. The topological polar surface area (TPSA) is 91.0 Å². The fourth-order valence-corrected chi connectivity index (χ4v) is 5.37. The van der Waals surface area contributed by atoms with E-state index >= 15 is 0 Å².